The first kappa shape index (κ1) is 11.0. The molecule has 4 saturated carbocycles. The molecule has 4 aliphatic carbocycles. The summed E-state index contributed by atoms with van der Waals surface area (Å²) in [6, 6.07) is 7.11. The highest BCUT2D eigenvalue weighted by Gasteiger charge is 2.55. The van der Waals surface area contributed by atoms with Gasteiger partial charge >= 0.3 is 0 Å². The van der Waals surface area contributed by atoms with Crippen molar-refractivity contribution in [2.45, 2.75) is 43.6 Å². The monoisotopic (exact) mass is 246 g/mol. The lowest BCUT2D eigenvalue weighted by atomic mass is 9.47. The molecule has 3 unspecified atom stereocenters. The van der Waals surface area contributed by atoms with E-state index >= 15 is 0 Å². The van der Waals surface area contributed by atoms with Gasteiger partial charge in [0.1, 0.15) is 5.82 Å². The fraction of sp³-hybridized carbons (Fsp3) is 0.625. The number of hydrogen-bond acceptors (Lipinski definition) is 1. The van der Waals surface area contributed by atoms with Gasteiger partial charge in [0.25, 0.3) is 0 Å². The molecule has 0 amide bonds. The molecule has 4 aliphatic rings. The van der Waals surface area contributed by atoms with Crippen molar-refractivity contribution in [3.63, 3.8) is 0 Å². The van der Waals surface area contributed by atoms with Gasteiger partial charge in [-0.1, -0.05) is 12.1 Å². The van der Waals surface area contributed by atoms with E-state index in [1.807, 2.05) is 12.1 Å². The molecule has 0 saturated heterocycles. The van der Waals surface area contributed by atoms with Gasteiger partial charge in [0.15, 0.2) is 0 Å². The average Bonchev–Trinajstić information content (AvgIpc) is 2.35. The summed E-state index contributed by atoms with van der Waals surface area (Å²) < 4.78 is 13.1. The van der Waals surface area contributed by atoms with Gasteiger partial charge in [-0.2, -0.15) is 0 Å². The lowest BCUT2D eigenvalue weighted by Crippen LogP contribution is -2.55. The van der Waals surface area contributed by atoms with E-state index in [2.05, 4.69) is 0 Å². The van der Waals surface area contributed by atoms with Gasteiger partial charge in [0, 0.05) is 0 Å². The van der Waals surface area contributed by atoms with Crippen LogP contribution in [0.4, 0.5) is 4.39 Å². The first-order valence-corrected chi connectivity index (χ1v) is 7.10. The molecule has 96 valence electrons. The van der Waals surface area contributed by atoms with E-state index in [0.717, 1.165) is 18.8 Å². The Morgan fingerprint density at radius 3 is 2.22 bits per heavy atom. The summed E-state index contributed by atoms with van der Waals surface area (Å²) in [5, 5.41) is 10.3. The van der Waals surface area contributed by atoms with Gasteiger partial charge in [0.05, 0.1) is 6.10 Å². The van der Waals surface area contributed by atoms with E-state index in [0.29, 0.717) is 11.8 Å². The molecule has 5 rings (SSSR count). The summed E-state index contributed by atoms with van der Waals surface area (Å²) in [4.78, 5) is 0. The van der Waals surface area contributed by atoms with Crippen LogP contribution in [0, 0.1) is 23.6 Å². The second kappa shape index (κ2) is 3.57. The van der Waals surface area contributed by atoms with Crippen molar-refractivity contribution in [1.29, 1.82) is 0 Å². The number of aliphatic hydroxyl groups is 1. The first-order valence-electron chi connectivity index (χ1n) is 7.10. The molecule has 0 aliphatic heterocycles. The molecule has 2 heteroatoms. The molecule has 0 heterocycles. The molecule has 1 nitrogen and oxygen atoms in total. The second-order valence-corrected chi connectivity index (χ2v) is 6.75. The smallest absolute Gasteiger partial charge is 0.123 e. The molecule has 1 aromatic rings. The molecule has 0 radical (unpaired) electrons. The molecular formula is C16H19FO. The van der Waals surface area contributed by atoms with Gasteiger partial charge in [-0.05, 0) is 73.0 Å². The number of benzene rings is 1. The third-order valence-corrected chi connectivity index (χ3v) is 5.68. The van der Waals surface area contributed by atoms with Crippen molar-refractivity contribution in [3.8, 4) is 0 Å². The van der Waals surface area contributed by atoms with E-state index in [9.17, 15) is 9.50 Å². The van der Waals surface area contributed by atoms with Crippen molar-refractivity contribution in [2.24, 2.45) is 17.8 Å². The number of aliphatic hydroxyl groups excluding tert-OH is 1. The van der Waals surface area contributed by atoms with Crippen LogP contribution in [0.15, 0.2) is 24.3 Å². The Labute approximate surface area is 107 Å². The average molecular weight is 246 g/mol. The predicted octanol–water partition coefficient (Wildman–Crippen LogP) is 3.26. The van der Waals surface area contributed by atoms with Crippen LogP contribution in [0.5, 0.6) is 0 Å². The largest absolute Gasteiger partial charge is 0.393 e. The van der Waals surface area contributed by atoms with E-state index < -0.39 is 0 Å². The number of rotatable bonds is 1. The third-order valence-electron chi connectivity index (χ3n) is 5.68. The van der Waals surface area contributed by atoms with E-state index in [4.69, 9.17) is 0 Å². The minimum absolute atomic E-state index is 0.0740. The van der Waals surface area contributed by atoms with E-state index in [1.54, 1.807) is 12.1 Å². The van der Waals surface area contributed by atoms with Crippen molar-refractivity contribution in [3.05, 3.63) is 35.6 Å². The third kappa shape index (κ3) is 1.41. The molecule has 0 aromatic heterocycles. The number of halogens is 1. The Bertz CT molecular complexity index is 450. The zero-order chi connectivity index (χ0) is 12.3. The molecule has 1 N–H and O–H groups in total. The Balaban J connectivity index is 1.74. The second-order valence-electron chi connectivity index (χ2n) is 6.75. The van der Waals surface area contributed by atoms with Gasteiger partial charge in [-0.3, -0.25) is 0 Å². The highest BCUT2D eigenvalue weighted by Crippen LogP contribution is 2.60. The fourth-order valence-electron chi connectivity index (χ4n) is 5.15. The molecule has 0 spiro atoms. The van der Waals surface area contributed by atoms with E-state index in [-0.39, 0.29) is 17.3 Å². The lowest BCUT2D eigenvalue weighted by molar-refractivity contribution is -0.106. The molecule has 5 atom stereocenters. The molecule has 1 aromatic carbocycles. The zero-order valence-corrected chi connectivity index (χ0v) is 10.5. The Morgan fingerprint density at radius 1 is 1.00 bits per heavy atom. The Morgan fingerprint density at radius 2 is 1.61 bits per heavy atom. The van der Waals surface area contributed by atoms with Crippen LogP contribution in [0.25, 0.3) is 0 Å². The maximum Gasteiger partial charge on any atom is 0.123 e. The summed E-state index contributed by atoms with van der Waals surface area (Å²) in [6.07, 6.45) is 5.80. The summed E-state index contributed by atoms with van der Waals surface area (Å²) in [7, 11) is 0. The molecular weight excluding hydrogens is 227 g/mol. The highest BCUT2D eigenvalue weighted by atomic mass is 19.1. The van der Waals surface area contributed by atoms with Crippen LogP contribution in [-0.2, 0) is 5.41 Å². The maximum atomic E-state index is 13.1. The molecule has 4 fully saturated rings. The minimum atomic E-state index is -0.150. The van der Waals surface area contributed by atoms with E-state index in [1.165, 1.54) is 24.8 Å². The van der Waals surface area contributed by atoms with Crippen molar-refractivity contribution in [2.75, 3.05) is 0 Å². The van der Waals surface area contributed by atoms with Crippen LogP contribution < -0.4 is 0 Å². The van der Waals surface area contributed by atoms with Crippen molar-refractivity contribution >= 4 is 0 Å². The standard InChI is InChI=1S/C16H19FO/c17-14-3-1-13(2-4-14)16-7-10-5-11(8-16)15(18)12(6-10)9-16/h1-4,10-12,15,18H,5-9H2/t10?,11-,12+,15?,16?. The topological polar surface area (TPSA) is 20.2 Å². The Hall–Kier alpha value is -0.890. The first-order chi connectivity index (χ1) is 8.66. The van der Waals surface area contributed by atoms with Crippen LogP contribution >= 0.6 is 0 Å². The van der Waals surface area contributed by atoms with Crippen LogP contribution in [0.1, 0.15) is 37.7 Å². The number of hydrogen-bond donors (Lipinski definition) is 1. The summed E-state index contributed by atoms with van der Waals surface area (Å²) in [5.41, 5.74) is 1.54. The maximum absolute atomic E-state index is 13.1. The van der Waals surface area contributed by atoms with Crippen molar-refractivity contribution < 1.29 is 9.50 Å². The van der Waals surface area contributed by atoms with Gasteiger partial charge in [0.2, 0.25) is 0 Å². The predicted molar refractivity (Wildman–Crippen MR) is 67.6 cm³/mol. The van der Waals surface area contributed by atoms with Crippen molar-refractivity contribution in [1.82, 2.24) is 0 Å². The fourth-order valence-corrected chi connectivity index (χ4v) is 5.15. The highest BCUT2D eigenvalue weighted by molar-refractivity contribution is 5.30. The van der Waals surface area contributed by atoms with Crippen LogP contribution in [0.2, 0.25) is 0 Å². The summed E-state index contributed by atoms with van der Waals surface area (Å²) in [5.74, 6) is 1.61. The van der Waals surface area contributed by atoms with Crippen LogP contribution in [0.3, 0.4) is 0 Å². The zero-order valence-electron chi connectivity index (χ0n) is 10.5. The van der Waals surface area contributed by atoms with Gasteiger partial charge < -0.3 is 5.11 Å². The molecule has 18 heavy (non-hydrogen) atoms. The minimum Gasteiger partial charge on any atom is -0.393 e. The molecule has 4 bridgehead atoms. The SMILES string of the molecule is OC1[C@@H]2CC3C[C@H]1CC(c1ccc(F)cc1)(C3)C2. The lowest BCUT2D eigenvalue weighted by Gasteiger charge is -2.59. The summed E-state index contributed by atoms with van der Waals surface area (Å²) in [6.45, 7) is 0. The normalized spacial score (nSPS) is 45.4. The van der Waals surface area contributed by atoms with Gasteiger partial charge in [-0.15, -0.1) is 0 Å². The quantitative estimate of drug-likeness (QED) is 0.806. The van der Waals surface area contributed by atoms with Gasteiger partial charge in [-0.25, -0.2) is 4.39 Å². The summed E-state index contributed by atoms with van der Waals surface area (Å²) >= 11 is 0. The van der Waals surface area contributed by atoms with Crippen LogP contribution in [-0.4, -0.2) is 11.2 Å². The Kier molecular flexibility index (Phi) is 2.18.